The van der Waals surface area contributed by atoms with Crippen molar-refractivity contribution in [2.45, 2.75) is 25.3 Å². The van der Waals surface area contributed by atoms with Crippen molar-refractivity contribution in [2.75, 3.05) is 17.3 Å². The number of aromatic amines is 1. The van der Waals surface area contributed by atoms with E-state index in [9.17, 15) is 14.4 Å². The summed E-state index contributed by atoms with van der Waals surface area (Å²) in [5.74, 6) is -3.35. The lowest BCUT2D eigenvalue weighted by Crippen LogP contribution is -2.49. The smallest absolute Gasteiger partial charge is 0.394 e. The quantitative estimate of drug-likeness (QED) is 0.309. The van der Waals surface area contributed by atoms with Gasteiger partial charge in [0.05, 0.1) is 23.1 Å². The van der Waals surface area contributed by atoms with Gasteiger partial charge in [-0.2, -0.15) is 0 Å². The maximum atomic E-state index is 12.5. The molecule has 0 unspecified atom stereocenters. The van der Waals surface area contributed by atoms with Gasteiger partial charge in [0.2, 0.25) is 0 Å². The van der Waals surface area contributed by atoms with Crippen LogP contribution in [0, 0.1) is 0 Å². The molecule has 0 saturated carbocycles. The zero-order valence-corrected chi connectivity index (χ0v) is 15.9. The zero-order valence-electron chi connectivity index (χ0n) is 15.9. The molecule has 1 saturated heterocycles. The van der Waals surface area contributed by atoms with E-state index in [2.05, 4.69) is 31.1 Å². The molecule has 4 rings (SSSR count). The summed E-state index contributed by atoms with van der Waals surface area (Å²) in [6.07, 6.45) is 7.61. The Bertz CT molecular complexity index is 1120. The fraction of sp³-hybridized carbons (Fsp3) is 0.263. The Labute approximate surface area is 170 Å². The van der Waals surface area contributed by atoms with Crippen LogP contribution in [0.5, 0.6) is 0 Å². The van der Waals surface area contributed by atoms with Crippen LogP contribution in [0.4, 0.5) is 5.69 Å². The third kappa shape index (κ3) is 4.25. The Hall–Kier alpha value is -3.86. The number of hydrogen-bond acceptors (Lipinski definition) is 6. The summed E-state index contributed by atoms with van der Waals surface area (Å²) in [5, 5.41) is 17.3. The van der Waals surface area contributed by atoms with Crippen molar-refractivity contribution in [2.24, 2.45) is 0 Å². The number of carboxylic acid groups (broad SMARTS) is 1. The van der Waals surface area contributed by atoms with Crippen LogP contribution in [0.15, 0.2) is 36.8 Å². The van der Waals surface area contributed by atoms with E-state index >= 15 is 0 Å². The first-order valence-corrected chi connectivity index (χ1v) is 9.45. The van der Waals surface area contributed by atoms with Crippen LogP contribution in [0.1, 0.15) is 41.4 Å². The Balaban J connectivity index is 1.49. The summed E-state index contributed by atoms with van der Waals surface area (Å²) in [6, 6.07) is 5.44. The van der Waals surface area contributed by atoms with Gasteiger partial charge >= 0.3 is 17.8 Å². The minimum atomic E-state index is -1.63. The molecule has 1 aliphatic heterocycles. The fourth-order valence-electron chi connectivity index (χ4n) is 3.32. The van der Waals surface area contributed by atoms with E-state index < -0.39 is 17.8 Å². The zero-order chi connectivity index (χ0) is 21.1. The third-order valence-corrected chi connectivity index (χ3v) is 4.78. The summed E-state index contributed by atoms with van der Waals surface area (Å²) < 4.78 is 0. The summed E-state index contributed by atoms with van der Waals surface area (Å²) >= 11 is 0. The first-order chi connectivity index (χ1) is 14.5. The molecule has 0 spiro atoms. The number of pyridine rings is 2. The molecule has 30 heavy (non-hydrogen) atoms. The normalized spacial score (nSPS) is 16.2. The van der Waals surface area contributed by atoms with Gasteiger partial charge in [0.15, 0.2) is 5.52 Å². The van der Waals surface area contributed by atoms with Crippen molar-refractivity contribution < 1.29 is 24.3 Å². The van der Waals surface area contributed by atoms with Gasteiger partial charge in [0.1, 0.15) is 5.52 Å². The van der Waals surface area contributed by atoms with E-state index in [1.165, 1.54) is 36.1 Å². The first-order valence-electron chi connectivity index (χ1n) is 9.45. The van der Waals surface area contributed by atoms with Crippen LogP contribution in [-0.4, -0.2) is 44.5 Å². The van der Waals surface area contributed by atoms with Crippen LogP contribution in [0.25, 0.3) is 11.0 Å². The maximum absolute atomic E-state index is 12.5. The second-order valence-electron chi connectivity index (χ2n) is 6.94. The molecule has 0 bridgehead atoms. The average molecular weight is 410 g/mol. The van der Waals surface area contributed by atoms with Gasteiger partial charge < -0.3 is 15.7 Å². The number of fused-ring (bicyclic) bond motifs is 1. The number of piperidine rings is 1. The van der Waals surface area contributed by atoms with Gasteiger partial charge in [-0.3, -0.25) is 14.6 Å². The molecule has 0 aliphatic carbocycles. The number of aliphatic carboxylic acids is 1. The molecule has 3 aromatic rings. The van der Waals surface area contributed by atoms with E-state index in [1.54, 1.807) is 6.20 Å². The highest BCUT2D eigenvalue weighted by molar-refractivity contribution is 6.36. The molecular weight excluding hydrogens is 390 g/mol. The molecule has 0 radical (unpaired) electrons. The molecule has 1 fully saturated rings. The standard InChI is InChI=1S/C19H19N7O4/c27-17(11-7-12(9-20-8-11)22-18(28)19(29)30)25-26-10-16-15(24-26)5-4-14(23-16)13-3-1-2-6-21-13/h4-5,7-10,13,21H,1-3,6H2,(H3,22,25,27,28,29,30)/p+1/t13-/m0/s1. The van der Waals surface area contributed by atoms with Gasteiger partial charge in [0.25, 0.3) is 6.20 Å². The highest BCUT2D eigenvalue weighted by Gasteiger charge is 2.20. The second kappa shape index (κ2) is 8.25. The maximum Gasteiger partial charge on any atom is 0.394 e. The van der Waals surface area contributed by atoms with Crippen molar-refractivity contribution in [1.82, 2.24) is 20.4 Å². The van der Waals surface area contributed by atoms with Crippen molar-refractivity contribution in [3.8, 4) is 0 Å². The number of rotatable bonds is 4. The Kier molecular flexibility index (Phi) is 5.35. The predicted molar refractivity (Wildman–Crippen MR) is 105 cm³/mol. The molecule has 1 aliphatic rings. The van der Waals surface area contributed by atoms with E-state index in [4.69, 9.17) is 5.11 Å². The number of hydrogen-bond donors (Lipinski definition) is 5. The number of H-pyrrole nitrogens is 1. The number of anilines is 1. The minimum absolute atomic E-state index is 0.1000. The second-order valence-corrected chi connectivity index (χ2v) is 6.94. The molecule has 154 valence electrons. The SMILES string of the molecule is O=C(O)C(=O)Nc1cncc(C(=O)N[n+]2cc3nc([C@@H]4CCCCN4)ccc3[nH]2)c1. The highest BCUT2D eigenvalue weighted by atomic mass is 16.4. The summed E-state index contributed by atoms with van der Waals surface area (Å²) in [4.78, 5) is 44.4. The lowest BCUT2D eigenvalue weighted by Gasteiger charge is -2.22. The molecule has 11 heteroatoms. The van der Waals surface area contributed by atoms with E-state index in [-0.39, 0.29) is 17.3 Å². The van der Waals surface area contributed by atoms with Crippen LogP contribution < -0.4 is 20.9 Å². The van der Waals surface area contributed by atoms with Gasteiger partial charge in [0, 0.05) is 17.0 Å². The largest absolute Gasteiger partial charge is 0.474 e. The molecule has 3 aromatic heterocycles. The number of nitrogens with one attached hydrogen (secondary N) is 4. The topological polar surface area (TPSA) is 153 Å². The predicted octanol–water partition coefficient (Wildman–Crippen LogP) is 0.467. The van der Waals surface area contributed by atoms with Gasteiger partial charge in [-0.05, 0) is 37.6 Å². The van der Waals surface area contributed by atoms with Crippen molar-refractivity contribution in [3.63, 3.8) is 0 Å². The molecule has 5 N–H and O–H groups in total. The molecule has 4 heterocycles. The number of carbonyl (C=O) groups excluding carboxylic acids is 2. The Morgan fingerprint density at radius 3 is 2.83 bits per heavy atom. The van der Waals surface area contributed by atoms with E-state index in [0.29, 0.717) is 5.52 Å². The molecular formula is C19H20N7O4+. The van der Waals surface area contributed by atoms with Gasteiger partial charge in [-0.25, -0.2) is 9.78 Å². The molecule has 2 amide bonds. The number of nitrogens with zero attached hydrogens (tertiary/aromatic N) is 3. The minimum Gasteiger partial charge on any atom is -0.474 e. The van der Waals surface area contributed by atoms with Crippen LogP contribution in [-0.2, 0) is 9.59 Å². The summed E-state index contributed by atoms with van der Waals surface area (Å²) in [5.41, 5.74) is 5.32. The lowest BCUT2D eigenvalue weighted by molar-refractivity contribution is -0.696. The number of carbonyl (C=O) groups is 3. The Morgan fingerprint density at radius 1 is 1.20 bits per heavy atom. The van der Waals surface area contributed by atoms with Crippen molar-refractivity contribution in [1.29, 1.82) is 0 Å². The number of aromatic nitrogens is 4. The first kappa shape index (κ1) is 19.5. The molecule has 1 atom stereocenters. The van der Waals surface area contributed by atoms with Crippen LogP contribution in [0.2, 0.25) is 0 Å². The van der Waals surface area contributed by atoms with Gasteiger partial charge in [-0.1, -0.05) is 11.8 Å². The van der Waals surface area contributed by atoms with Crippen molar-refractivity contribution in [3.05, 3.63) is 48.0 Å². The number of carboxylic acids is 1. The fourth-order valence-corrected chi connectivity index (χ4v) is 3.32. The van der Waals surface area contributed by atoms with Crippen molar-refractivity contribution >= 4 is 34.5 Å². The Morgan fingerprint density at radius 2 is 2.07 bits per heavy atom. The third-order valence-electron chi connectivity index (χ3n) is 4.78. The van der Waals surface area contributed by atoms with Crippen LogP contribution in [0.3, 0.4) is 0 Å². The average Bonchev–Trinajstić information content (AvgIpc) is 3.15. The van der Waals surface area contributed by atoms with Crippen LogP contribution >= 0.6 is 0 Å². The number of amides is 2. The molecule has 11 nitrogen and oxygen atoms in total. The van der Waals surface area contributed by atoms with E-state index in [1.807, 2.05) is 12.1 Å². The lowest BCUT2D eigenvalue weighted by atomic mass is 10.0. The van der Waals surface area contributed by atoms with E-state index in [0.717, 1.165) is 24.2 Å². The summed E-state index contributed by atoms with van der Waals surface area (Å²) in [6.45, 7) is 0.980. The molecule has 0 aromatic carbocycles. The summed E-state index contributed by atoms with van der Waals surface area (Å²) in [7, 11) is 0. The monoisotopic (exact) mass is 410 g/mol. The highest BCUT2D eigenvalue weighted by Crippen LogP contribution is 2.22. The van der Waals surface area contributed by atoms with Gasteiger partial charge in [-0.15, -0.1) is 5.10 Å².